The van der Waals surface area contributed by atoms with Crippen molar-refractivity contribution in [3.05, 3.63) is 120 Å². The number of nitrogens with zero attached hydrogens (tertiary/aromatic N) is 2. The molecule has 0 heterocycles. The average Bonchev–Trinajstić information content (AvgIpc) is 3.22. The first-order valence-electron chi connectivity index (χ1n) is 11.7. The molecule has 0 saturated heterocycles. The Morgan fingerprint density at radius 2 is 1.31 bits per heavy atom. The lowest BCUT2D eigenvalue weighted by molar-refractivity contribution is 0.0456. The van der Waals surface area contributed by atoms with E-state index in [0.717, 1.165) is 27.8 Å². The van der Waals surface area contributed by atoms with Gasteiger partial charge in [0.2, 0.25) is 0 Å². The minimum absolute atomic E-state index is 0.157. The van der Waals surface area contributed by atoms with E-state index in [1.807, 2.05) is 61.5 Å². The summed E-state index contributed by atoms with van der Waals surface area (Å²) in [6, 6.07) is 31.3. The number of fused-ring (bicyclic) bond motifs is 3. The van der Waals surface area contributed by atoms with Gasteiger partial charge in [0.25, 0.3) is 10.0 Å². The molecule has 0 aromatic heterocycles. The lowest BCUT2D eigenvalue weighted by Crippen LogP contribution is -2.39. The predicted octanol–water partition coefficient (Wildman–Crippen LogP) is 5.00. The molecule has 7 heteroatoms. The van der Waals surface area contributed by atoms with Crippen LogP contribution in [0.3, 0.4) is 0 Å². The van der Waals surface area contributed by atoms with Gasteiger partial charge in [-0.15, -0.1) is 0 Å². The van der Waals surface area contributed by atoms with E-state index >= 15 is 0 Å². The number of oxime groups is 1. The summed E-state index contributed by atoms with van der Waals surface area (Å²) in [5, 5.41) is 15.1. The molecule has 1 N–H and O–H groups in total. The second-order valence-electron chi connectivity index (χ2n) is 8.67. The summed E-state index contributed by atoms with van der Waals surface area (Å²) in [7, 11) is -3.90. The van der Waals surface area contributed by atoms with Gasteiger partial charge in [-0.25, -0.2) is 8.42 Å². The van der Waals surface area contributed by atoms with Crippen LogP contribution in [0.2, 0.25) is 0 Å². The fraction of sp³-hybridized carbons (Fsp3) is 0.138. The van der Waals surface area contributed by atoms with Crippen molar-refractivity contribution in [3.63, 3.8) is 0 Å². The molecular weight excluding hydrogens is 472 g/mol. The van der Waals surface area contributed by atoms with Crippen LogP contribution in [-0.2, 0) is 14.9 Å². The van der Waals surface area contributed by atoms with Crippen LogP contribution in [0.5, 0.6) is 0 Å². The summed E-state index contributed by atoms with van der Waals surface area (Å²) in [4.78, 5) is 5.74. The number of sulfonamides is 1. The Balaban J connectivity index is 1.36. The number of para-hydroxylation sites is 1. The van der Waals surface area contributed by atoms with Gasteiger partial charge in [0.05, 0.1) is 17.1 Å². The highest BCUT2D eigenvalue weighted by Crippen LogP contribution is 2.36. The smallest absolute Gasteiger partial charge is 0.264 e. The minimum Gasteiger partial charge on any atom is -0.392 e. The summed E-state index contributed by atoms with van der Waals surface area (Å²) in [5.74, 6) is 0. The third-order valence-corrected chi connectivity index (χ3v) is 7.92. The third kappa shape index (κ3) is 4.63. The van der Waals surface area contributed by atoms with Gasteiger partial charge >= 0.3 is 0 Å². The molecule has 0 bridgehead atoms. The molecule has 0 aliphatic heterocycles. The van der Waals surface area contributed by atoms with Crippen LogP contribution in [-0.4, -0.2) is 38.5 Å². The van der Waals surface area contributed by atoms with Gasteiger partial charge in [0.1, 0.15) is 18.4 Å². The molecule has 36 heavy (non-hydrogen) atoms. The molecule has 1 atom stereocenters. The highest BCUT2D eigenvalue weighted by Gasteiger charge is 2.28. The van der Waals surface area contributed by atoms with Gasteiger partial charge in [0, 0.05) is 11.1 Å². The molecule has 182 valence electrons. The number of hydrogen-bond acceptors (Lipinski definition) is 5. The molecule has 5 rings (SSSR count). The van der Waals surface area contributed by atoms with Crippen LogP contribution >= 0.6 is 0 Å². The zero-order valence-corrected chi connectivity index (χ0v) is 20.6. The van der Waals surface area contributed by atoms with Crippen molar-refractivity contribution in [2.24, 2.45) is 5.16 Å². The van der Waals surface area contributed by atoms with Crippen molar-refractivity contribution >= 4 is 21.4 Å². The fourth-order valence-electron chi connectivity index (χ4n) is 4.30. The summed E-state index contributed by atoms with van der Waals surface area (Å²) < 4.78 is 28.2. The van der Waals surface area contributed by atoms with Crippen molar-refractivity contribution < 1.29 is 18.4 Å². The molecule has 4 aromatic carbocycles. The Kier molecular flexibility index (Phi) is 6.59. The number of benzene rings is 4. The first-order chi connectivity index (χ1) is 17.4. The minimum atomic E-state index is -3.90. The van der Waals surface area contributed by atoms with Crippen molar-refractivity contribution in [2.45, 2.75) is 17.9 Å². The van der Waals surface area contributed by atoms with Crippen molar-refractivity contribution in [3.8, 4) is 11.1 Å². The van der Waals surface area contributed by atoms with Gasteiger partial charge in [-0.1, -0.05) is 89.6 Å². The molecule has 1 aliphatic rings. The molecular formula is C29H26N2O4S. The number of aliphatic hydroxyl groups excluding tert-OH is 1. The van der Waals surface area contributed by atoms with E-state index in [0.29, 0.717) is 11.4 Å². The average molecular weight is 499 g/mol. The zero-order valence-electron chi connectivity index (χ0n) is 19.8. The van der Waals surface area contributed by atoms with E-state index in [-0.39, 0.29) is 18.0 Å². The van der Waals surface area contributed by atoms with Crippen LogP contribution in [0.1, 0.15) is 16.7 Å². The number of aliphatic hydroxyl groups is 1. The predicted molar refractivity (Wildman–Crippen MR) is 142 cm³/mol. The van der Waals surface area contributed by atoms with Gasteiger partial charge in [-0.3, -0.25) is 4.31 Å². The molecule has 0 amide bonds. The standard InChI is InChI=1S/C29H26N2O4S/c1-21-15-17-24(18-16-21)36(33,34)31(22-9-3-2-4-10-22)19-23(32)20-35-30-29-27-13-7-5-11-25(27)26-12-6-8-14-28(26)29/h2-18,23,32H,19-20H2,1H3. The van der Waals surface area contributed by atoms with Gasteiger partial charge in [-0.05, 0) is 42.3 Å². The maximum absolute atomic E-state index is 13.5. The maximum Gasteiger partial charge on any atom is 0.264 e. The molecule has 0 spiro atoms. The summed E-state index contributed by atoms with van der Waals surface area (Å²) in [5.41, 5.74) is 6.19. The van der Waals surface area contributed by atoms with E-state index in [1.54, 1.807) is 48.5 Å². The van der Waals surface area contributed by atoms with Crippen LogP contribution in [0.25, 0.3) is 11.1 Å². The Labute approximate surface area is 211 Å². The second-order valence-corrected chi connectivity index (χ2v) is 10.5. The Morgan fingerprint density at radius 1 is 0.778 bits per heavy atom. The lowest BCUT2D eigenvalue weighted by Gasteiger charge is -2.26. The Bertz CT molecular complexity index is 1450. The number of aryl methyl sites for hydroxylation is 1. The highest BCUT2D eigenvalue weighted by atomic mass is 32.2. The molecule has 6 nitrogen and oxygen atoms in total. The van der Waals surface area contributed by atoms with Crippen LogP contribution < -0.4 is 4.31 Å². The molecule has 0 radical (unpaired) electrons. The normalized spacial score (nSPS) is 13.0. The molecule has 0 fully saturated rings. The van der Waals surface area contributed by atoms with Crippen molar-refractivity contribution in [2.75, 3.05) is 17.5 Å². The second kappa shape index (κ2) is 9.97. The quantitative estimate of drug-likeness (QED) is 0.305. The SMILES string of the molecule is Cc1ccc(S(=O)(=O)N(CC(O)CON=C2c3ccccc3-c3ccccc32)c2ccccc2)cc1. The summed E-state index contributed by atoms with van der Waals surface area (Å²) >= 11 is 0. The lowest BCUT2D eigenvalue weighted by atomic mass is 10.1. The van der Waals surface area contributed by atoms with E-state index in [1.165, 1.54) is 4.31 Å². The van der Waals surface area contributed by atoms with Crippen LogP contribution in [0.15, 0.2) is 113 Å². The zero-order chi connectivity index (χ0) is 25.1. The first kappa shape index (κ1) is 23.8. The molecule has 1 aliphatic carbocycles. The topological polar surface area (TPSA) is 79.2 Å². The first-order valence-corrected chi connectivity index (χ1v) is 13.1. The number of hydrogen-bond donors (Lipinski definition) is 1. The van der Waals surface area contributed by atoms with Crippen LogP contribution in [0, 0.1) is 6.92 Å². The largest absolute Gasteiger partial charge is 0.392 e. The van der Waals surface area contributed by atoms with E-state index in [4.69, 9.17) is 4.84 Å². The Morgan fingerprint density at radius 3 is 1.89 bits per heavy atom. The monoisotopic (exact) mass is 498 g/mol. The Hall–Kier alpha value is -3.94. The third-order valence-electron chi connectivity index (χ3n) is 6.11. The van der Waals surface area contributed by atoms with Crippen LogP contribution in [0.4, 0.5) is 5.69 Å². The van der Waals surface area contributed by atoms with Gasteiger partial charge in [-0.2, -0.15) is 0 Å². The maximum atomic E-state index is 13.5. The highest BCUT2D eigenvalue weighted by molar-refractivity contribution is 7.92. The van der Waals surface area contributed by atoms with Crippen molar-refractivity contribution in [1.29, 1.82) is 0 Å². The van der Waals surface area contributed by atoms with E-state index in [9.17, 15) is 13.5 Å². The summed E-state index contributed by atoms with van der Waals surface area (Å²) in [6.07, 6.45) is -1.11. The van der Waals surface area contributed by atoms with Gasteiger partial charge in [0.15, 0.2) is 0 Å². The number of anilines is 1. The fourth-order valence-corrected chi connectivity index (χ4v) is 5.80. The van der Waals surface area contributed by atoms with Gasteiger partial charge < -0.3 is 9.94 Å². The molecule has 1 unspecified atom stereocenters. The number of rotatable bonds is 8. The molecule has 4 aromatic rings. The van der Waals surface area contributed by atoms with E-state index in [2.05, 4.69) is 5.16 Å². The van der Waals surface area contributed by atoms with E-state index < -0.39 is 16.1 Å². The molecule has 0 saturated carbocycles. The summed E-state index contributed by atoms with van der Waals surface area (Å²) in [6.45, 7) is 1.55. The van der Waals surface area contributed by atoms with Crippen molar-refractivity contribution in [1.82, 2.24) is 0 Å².